The van der Waals surface area contributed by atoms with Crippen molar-refractivity contribution < 1.29 is 68.4 Å². The molecule has 0 aliphatic heterocycles. The molecule has 0 heterocycles. The van der Waals surface area contributed by atoms with Gasteiger partial charge in [-0.05, 0) is 0 Å². The smallest absolute Gasteiger partial charge is 0.672 e. The Hall–Kier alpha value is 0.500. The van der Waals surface area contributed by atoms with E-state index in [1.54, 1.807) is 0 Å². The molecule has 0 amide bonds. The molecule has 0 radical (unpaired) electrons. The van der Waals surface area contributed by atoms with Crippen molar-refractivity contribution in [3.63, 3.8) is 0 Å². The van der Waals surface area contributed by atoms with Gasteiger partial charge in [0.25, 0.3) is 0 Å². The van der Waals surface area contributed by atoms with Gasteiger partial charge in [0.15, 0.2) is 0 Å². The molecule has 0 unspecified atom stereocenters. The van der Waals surface area contributed by atoms with Crippen LogP contribution in [0.4, 0.5) is 0 Å². The summed E-state index contributed by atoms with van der Waals surface area (Å²) in [5.41, 5.74) is 0. The average Bonchev–Trinajstić information content (AvgIpc) is 1.54. The normalized spacial score (nSPS) is 5.14. The van der Waals surface area contributed by atoms with E-state index in [0.717, 1.165) is 0 Å². The van der Waals surface area contributed by atoms with Crippen molar-refractivity contribution in [2.24, 2.45) is 0 Å². The van der Waals surface area contributed by atoms with E-state index in [4.69, 9.17) is 42.2 Å². The van der Waals surface area contributed by atoms with Crippen LogP contribution in [0.2, 0.25) is 0 Å². The Kier molecular flexibility index (Phi) is 48.9. The zero-order chi connectivity index (χ0) is 10.7. The van der Waals surface area contributed by atoms with E-state index in [-0.39, 0.29) is 49.3 Å². The molecule has 0 rings (SSSR count). The van der Waals surface area contributed by atoms with E-state index in [1.807, 2.05) is 0 Å². The van der Waals surface area contributed by atoms with Crippen molar-refractivity contribution in [3.8, 4) is 0 Å². The maximum Gasteiger partial charge on any atom is 4.00 e. The van der Waals surface area contributed by atoms with Gasteiger partial charge in [0.05, 0.1) is 0 Å². The van der Waals surface area contributed by atoms with Gasteiger partial charge in [-0.3, -0.25) is 0 Å². The van der Waals surface area contributed by atoms with Crippen molar-refractivity contribution in [3.05, 3.63) is 0 Å². The first-order valence-corrected chi connectivity index (χ1v) is 5.51. The summed E-state index contributed by atoms with van der Waals surface area (Å²) in [5, 5.41) is 0. The second kappa shape index (κ2) is 23.4. The third kappa shape index (κ3) is 6610. The van der Waals surface area contributed by atoms with Crippen LogP contribution in [0.25, 0.3) is 0 Å². The van der Waals surface area contributed by atoms with Gasteiger partial charge in [-0.15, -0.1) is 0 Å². The summed E-state index contributed by atoms with van der Waals surface area (Å²) in [4.78, 5) is 51.1. The number of hydrogen-bond donors (Lipinski definition) is 0. The van der Waals surface area contributed by atoms with Gasteiger partial charge in [0.1, 0.15) is 0 Å². The molecule has 0 bridgehead atoms. The summed E-state index contributed by atoms with van der Waals surface area (Å²) in [6, 6.07) is 0. The van der Waals surface area contributed by atoms with Gasteiger partial charge in [-0.25, -0.2) is 0 Å². The molecular formula is MgO9Si3Zr. The molecule has 0 spiro atoms. The zero-order valence-electron chi connectivity index (χ0n) is 6.38. The van der Waals surface area contributed by atoms with Crippen molar-refractivity contribution in [1.82, 2.24) is 0 Å². The fourth-order valence-corrected chi connectivity index (χ4v) is 0. The minimum Gasteiger partial charge on any atom is -0.672 e. The Bertz CT molecular complexity index is 118. The predicted molar refractivity (Wildman–Crippen MR) is 25.1 cm³/mol. The van der Waals surface area contributed by atoms with Crippen molar-refractivity contribution in [2.45, 2.75) is 0 Å². The molecule has 14 heavy (non-hydrogen) atoms. The number of rotatable bonds is 0. The van der Waals surface area contributed by atoms with E-state index in [2.05, 4.69) is 0 Å². The second-order valence-corrected chi connectivity index (χ2v) is 2.25. The van der Waals surface area contributed by atoms with Crippen molar-refractivity contribution in [2.75, 3.05) is 0 Å². The van der Waals surface area contributed by atoms with Crippen LogP contribution in [-0.2, 0) is 39.6 Å². The van der Waals surface area contributed by atoms with Gasteiger partial charge >= 0.3 is 49.3 Å². The minimum absolute atomic E-state index is 0. The Balaban J connectivity index is -0.0000000270. The fourth-order valence-electron chi connectivity index (χ4n) is 0. The molecule has 0 saturated heterocycles. The molecule has 0 aliphatic carbocycles. The fraction of sp³-hybridized carbons (Fsp3) is 0. The first-order chi connectivity index (χ1) is 5.20. The van der Waals surface area contributed by atoms with Gasteiger partial charge in [0.2, 0.25) is 0 Å². The molecule has 14 heteroatoms. The summed E-state index contributed by atoms with van der Waals surface area (Å²) < 4.78 is 25.6. The summed E-state index contributed by atoms with van der Waals surface area (Å²) in [7, 11) is -10.9. The van der Waals surface area contributed by atoms with Gasteiger partial charge in [-0.1, -0.05) is 0 Å². The molecular weight excluding hydrogens is 344 g/mol. The van der Waals surface area contributed by atoms with E-state index in [0.29, 0.717) is 0 Å². The summed E-state index contributed by atoms with van der Waals surface area (Å²) >= 11 is 0. The Labute approximate surface area is 118 Å². The van der Waals surface area contributed by atoms with E-state index in [9.17, 15) is 0 Å². The molecule has 0 N–H and O–H groups in total. The third-order valence-corrected chi connectivity index (χ3v) is 0. The summed E-state index contributed by atoms with van der Waals surface area (Å²) in [5.74, 6) is 0. The topological polar surface area (TPSA) is 190 Å². The molecule has 0 aromatic rings. The van der Waals surface area contributed by atoms with Crippen LogP contribution in [-0.4, -0.2) is 50.6 Å². The molecule has 0 aromatic carbocycles. The van der Waals surface area contributed by atoms with E-state index in [1.165, 1.54) is 0 Å². The van der Waals surface area contributed by atoms with Crippen LogP contribution in [0.15, 0.2) is 0 Å². The average molecular weight is 344 g/mol. The van der Waals surface area contributed by atoms with Crippen LogP contribution in [0.5, 0.6) is 0 Å². The standard InChI is InChI=1S/Mg.3O3Si.Zr/c;3*1-4(2)3;/q+2;3*-2;+4. The molecule has 0 saturated carbocycles. The summed E-state index contributed by atoms with van der Waals surface area (Å²) in [6.45, 7) is 0. The first-order valence-electron chi connectivity index (χ1n) is 1.84. The zero-order valence-corrected chi connectivity index (χ0v) is 13.3. The van der Waals surface area contributed by atoms with E-state index < -0.39 is 27.5 Å². The second-order valence-electron chi connectivity index (χ2n) is 0.750. The van der Waals surface area contributed by atoms with Gasteiger partial charge < -0.3 is 42.2 Å². The quantitative estimate of drug-likeness (QED) is 0.384. The predicted octanol–water partition coefficient (Wildman–Crippen LogP) is -9.02. The monoisotopic (exact) mass is 342 g/mol. The summed E-state index contributed by atoms with van der Waals surface area (Å²) in [6.07, 6.45) is 0. The first kappa shape index (κ1) is 29.3. The van der Waals surface area contributed by atoms with Crippen molar-refractivity contribution >= 4 is 50.6 Å². The molecule has 0 atom stereocenters. The molecule has 0 aliphatic rings. The van der Waals surface area contributed by atoms with Crippen LogP contribution >= 0.6 is 0 Å². The van der Waals surface area contributed by atoms with Gasteiger partial charge in [-0.2, -0.15) is 0 Å². The maximum atomic E-state index is 8.52. The van der Waals surface area contributed by atoms with Crippen LogP contribution < -0.4 is 28.8 Å². The van der Waals surface area contributed by atoms with Crippen molar-refractivity contribution in [1.29, 1.82) is 0 Å². The molecule has 0 aromatic heterocycles. The third-order valence-electron chi connectivity index (χ3n) is 0. The largest absolute Gasteiger partial charge is 4.00 e. The Morgan fingerprint density at radius 2 is 0.571 bits per heavy atom. The van der Waals surface area contributed by atoms with Crippen LogP contribution in [0, 0.1) is 0 Å². The van der Waals surface area contributed by atoms with E-state index >= 15 is 0 Å². The molecule has 72 valence electrons. The maximum absolute atomic E-state index is 8.52. The van der Waals surface area contributed by atoms with Gasteiger partial charge in [0, 0.05) is 27.5 Å². The Morgan fingerprint density at radius 3 is 0.571 bits per heavy atom. The molecule has 9 nitrogen and oxygen atoms in total. The molecule has 0 fully saturated rings. The van der Waals surface area contributed by atoms with Crippen LogP contribution in [0.1, 0.15) is 0 Å². The Morgan fingerprint density at radius 1 is 0.571 bits per heavy atom. The number of hydrogen-bond acceptors (Lipinski definition) is 9. The minimum atomic E-state index is -3.63. The SMILES string of the molecule is O=[Si]([O-])[O-].O=[Si]([O-])[O-].O=[Si]([O-])[O-].[Mg+2].[Zr+4]. The van der Waals surface area contributed by atoms with Crippen LogP contribution in [0.3, 0.4) is 0 Å².